The first-order valence-electron chi connectivity index (χ1n) is 5.64. The molecule has 2 heterocycles. The third kappa shape index (κ3) is 2.55. The molecule has 0 amide bonds. The van der Waals surface area contributed by atoms with Crippen LogP contribution in [0.5, 0.6) is 0 Å². The Labute approximate surface area is 113 Å². The number of oxazole rings is 1. The quantitative estimate of drug-likeness (QED) is 0.631. The SMILES string of the molecule is CCOC(=O)c1oc(-c2nc(C)c(C=O)s2)nc1C. The van der Waals surface area contributed by atoms with E-state index in [1.165, 1.54) is 11.3 Å². The van der Waals surface area contributed by atoms with Gasteiger partial charge in [-0.25, -0.2) is 14.8 Å². The van der Waals surface area contributed by atoms with E-state index in [-0.39, 0.29) is 18.3 Å². The first-order valence-corrected chi connectivity index (χ1v) is 6.46. The summed E-state index contributed by atoms with van der Waals surface area (Å²) in [5.74, 6) is -0.262. The third-order valence-corrected chi connectivity index (χ3v) is 3.45. The minimum Gasteiger partial charge on any atom is -0.460 e. The number of aryl methyl sites for hydroxylation is 2. The molecule has 0 N–H and O–H groups in total. The zero-order valence-electron chi connectivity index (χ0n) is 10.7. The fraction of sp³-hybridized carbons (Fsp3) is 0.333. The Morgan fingerprint density at radius 2 is 2.11 bits per heavy atom. The molecule has 19 heavy (non-hydrogen) atoms. The topological polar surface area (TPSA) is 82.3 Å². The first kappa shape index (κ1) is 13.4. The van der Waals surface area contributed by atoms with Crippen LogP contribution in [0.4, 0.5) is 0 Å². The highest BCUT2D eigenvalue weighted by Crippen LogP contribution is 2.28. The number of aldehydes is 1. The summed E-state index contributed by atoms with van der Waals surface area (Å²) >= 11 is 1.17. The number of hydrogen-bond acceptors (Lipinski definition) is 7. The number of carbonyl (C=O) groups is 2. The lowest BCUT2D eigenvalue weighted by atomic mass is 10.4. The van der Waals surface area contributed by atoms with Gasteiger partial charge < -0.3 is 9.15 Å². The summed E-state index contributed by atoms with van der Waals surface area (Å²) in [4.78, 5) is 31.2. The fourth-order valence-electron chi connectivity index (χ4n) is 1.48. The Bertz CT molecular complexity index is 630. The smallest absolute Gasteiger partial charge is 0.376 e. The van der Waals surface area contributed by atoms with Crippen LogP contribution in [0.15, 0.2) is 4.42 Å². The Balaban J connectivity index is 2.38. The number of ether oxygens (including phenoxy) is 1. The van der Waals surface area contributed by atoms with Crippen LogP contribution in [0.3, 0.4) is 0 Å². The van der Waals surface area contributed by atoms with Crippen molar-refractivity contribution in [1.82, 2.24) is 9.97 Å². The Morgan fingerprint density at radius 3 is 2.68 bits per heavy atom. The van der Waals surface area contributed by atoms with Gasteiger partial charge in [0.05, 0.1) is 22.9 Å². The van der Waals surface area contributed by atoms with E-state index in [9.17, 15) is 9.59 Å². The van der Waals surface area contributed by atoms with Crippen molar-refractivity contribution in [3.63, 3.8) is 0 Å². The van der Waals surface area contributed by atoms with Crippen molar-refractivity contribution in [3.05, 3.63) is 22.0 Å². The molecule has 2 aromatic rings. The summed E-state index contributed by atoms with van der Waals surface area (Å²) in [5.41, 5.74) is 1.05. The second kappa shape index (κ2) is 5.31. The molecule has 0 radical (unpaired) electrons. The first-order chi connectivity index (χ1) is 9.06. The summed E-state index contributed by atoms with van der Waals surface area (Å²) in [5, 5.41) is 0.471. The Morgan fingerprint density at radius 1 is 1.37 bits per heavy atom. The number of hydrogen-bond donors (Lipinski definition) is 0. The molecule has 2 rings (SSSR count). The van der Waals surface area contributed by atoms with E-state index < -0.39 is 5.97 Å². The van der Waals surface area contributed by atoms with E-state index in [1.807, 2.05) is 0 Å². The van der Waals surface area contributed by atoms with E-state index in [0.29, 0.717) is 21.3 Å². The van der Waals surface area contributed by atoms with Crippen LogP contribution < -0.4 is 0 Å². The summed E-state index contributed by atoms with van der Waals surface area (Å²) < 4.78 is 10.2. The highest BCUT2D eigenvalue weighted by Gasteiger charge is 2.21. The molecular formula is C12H12N2O4S. The van der Waals surface area contributed by atoms with Gasteiger partial charge in [0, 0.05) is 0 Å². The van der Waals surface area contributed by atoms with Crippen LogP contribution in [-0.4, -0.2) is 28.8 Å². The minimum absolute atomic E-state index is 0.0670. The van der Waals surface area contributed by atoms with Crippen molar-refractivity contribution in [1.29, 1.82) is 0 Å². The van der Waals surface area contributed by atoms with E-state index in [0.717, 1.165) is 6.29 Å². The zero-order chi connectivity index (χ0) is 14.0. The van der Waals surface area contributed by atoms with Crippen LogP contribution >= 0.6 is 11.3 Å². The van der Waals surface area contributed by atoms with Crippen LogP contribution in [-0.2, 0) is 4.74 Å². The second-order valence-corrected chi connectivity index (χ2v) is 4.77. The van der Waals surface area contributed by atoms with Gasteiger partial charge >= 0.3 is 5.97 Å². The fourth-order valence-corrected chi connectivity index (χ4v) is 2.29. The highest BCUT2D eigenvalue weighted by molar-refractivity contribution is 7.16. The van der Waals surface area contributed by atoms with Crippen molar-refractivity contribution in [2.75, 3.05) is 6.61 Å². The molecule has 6 nitrogen and oxygen atoms in total. The third-order valence-electron chi connectivity index (χ3n) is 2.38. The molecule has 0 spiro atoms. The number of thiazole rings is 1. The van der Waals surface area contributed by atoms with Crippen molar-refractivity contribution < 1.29 is 18.7 Å². The number of aromatic nitrogens is 2. The molecule has 0 saturated carbocycles. The molecule has 0 aliphatic carbocycles. The average Bonchev–Trinajstić information content (AvgIpc) is 2.92. The van der Waals surface area contributed by atoms with E-state index >= 15 is 0 Å². The molecule has 0 aliphatic rings. The summed E-state index contributed by atoms with van der Waals surface area (Å²) in [6, 6.07) is 0. The number of carbonyl (C=O) groups excluding carboxylic acids is 2. The van der Waals surface area contributed by atoms with Gasteiger partial charge in [0.2, 0.25) is 5.76 Å². The maximum absolute atomic E-state index is 11.6. The van der Waals surface area contributed by atoms with Gasteiger partial charge in [0.1, 0.15) is 0 Å². The minimum atomic E-state index is -0.553. The van der Waals surface area contributed by atoms with Gasteiger partial charge in [-0.05, 0) is 20.8 Å². The van der Waals surface area contributed by atoms with Crippen LogP contribution in [0, 0.1) is 13.8 Å². The van der Waals surface area contributed by atoms with Crippen LogP contribution in [0.25, 0.3) is 10.9 Å². The highest BCUT2D eigenvalue weighted by atomic mass is 32.1. The lowest BCUT2D eigenvalue weighted by molar-refractivity contribution is 0.0490. The van der Waals surface area contributed by atoms with Gasteiger partial charge in [-0.15, -0.1) is 11.3 Å². The maximum atomic E-state index is 11.6. The van der Waals surface area contributed by atoms with Crippen molar-refractivity contribution >= 4 is 23.6 Å². The number of esters is 1. The van der Waals surface area contributed by atoms with Gasteiger partial charge in [-0.3, -0.25) is 4.79 Å². The standard InChI is InChI=1S/C12H12N2O4S/c1-4-17-12(16)9-7(3)13-10(18-9)11-14-6(2)8(5-15)19-11/h5H,4H2,1-3H3. The average molecular weight is 280 g/mol. The summed E-state index contributed by atoms with van der Waals surface area (Å²) in [6.45, 7) is 5.36. The van der Waals surface area contributed by atoms with Crippen LogP contribution in [0.2, 0.25) is 0 Å². The van der Waals surface area contributed by atoms with Gasteiger partial charge in [-0.1, -0.05) is 0 Å². The molecular weight excluding hydrogens is 268 g/mol. The zero-order valence-corrected chi connectivity index (χ0v) is 11.5. The predicted octanol–water partition coefficient (Wildman–Crippen LogP) is 2.40. The van der Waals surface area contributed by atoms with Gasteiger partial charge in [-0.2, -0.15) is 0 Å². The predicted molar refractivity (Wildman–Crippen MR) is 68.4 cm³/mol. The summed E-state index contributed by atoms with van der Waals surface area (Å²) in [6.07, 6.45) is 0.735. The number of rotatable bonds is 4. The van der Waals surface area contributed by atoms with Crippen molar-refractivity contribution in [3.8, 4) is 10.9 Å². The molecule has 7 heteroatoms. The van der Waals surface area contributed by atoms with Gasteiger partial charge in [0.15, 0.2) is 11.3 Å². The Hall–Kier alpha value is -2.02. The molecule has 0 fully saturated rings. The second-order valence-electron chi connectivity index (χ2n) is 3.74. The van der Waals surface area contributed by atoms with E-state index in [1.54, 1.807) is 20.8 Å². The monoisotopic (exact) mass is 280 g/mol. The maximum Gasteiger partial charge on any atom is 0.376 e. The largest absolute Gasteiger partial charge is 0.460 e. The molecule has 100 valence electrons. The molecule has 0 aliphatic heterocycles. The van der Waals surface area contributed by atoms with E-state index in [4.69, 9.17) is 9.15 Å². The van der Waals surface area contributed by atoms with Crippen LogP contribution in [0.1, 0.15) is 38.5 Å². The van der Waals surface area contributed by atoms with Crippen molar-refractivity contribution in [2.24, 2.45) is 0 Å². The van der Waals surface area contributed by atoms with Gasteiger partial charge in [0.25, 0.3) is 5.89 Å². The van der Waals surface area contributed by atoms with Crippen molar-refractivity contribution in [2.45, 2.75) is 20.8 Å². The lowest BCUT2D eigenvalue weighted by Crippen LogP contribution is -2.04. The number of nitrogens with zero attached hydrogens (tertiary/aromatic N) is 2. The normalized spacial score (nSPS) is 10.5. The Kier molecular flexibility index (Phi) is 3.75. The van der Waals surface area contributed by atoms with E-state index in [2.05, 4.69) is 9.97 Å². The lowest BCUT2D eigenvalue weighted by Gasteiger charge is -1.96. The molecule has 0 aromatic carbocycles. The molecule has 0 unspecified atom stereocenters. The summed E-state index contributed by atoms with van der Waals surface area (Å²) in [7, 11) is 0. The molecule has 2 aromatic heterocycles. The molecule has 0 bridgehead atoms. The molecule has 0 atom stereocenters. The molecule has 0 saturated heterocycles.